The summed E-state index contributed by atoms with van der Waals surface area (Å²) in [4.78, 5) is 12.5. The standard InChI is InChI=1S/C21H26BrNO2/c1-4-5-6-7-10-25-20-9-8-17(14-19(20)22)21(24)23-18-12-15(2)11-16(3)13-18/h8-9,11-14H,4-7,10H2,1-3H3,(H,23,24). The zero-order chi connectivity index (χ0) is 18.2. The number of hydrogen-bond acceptors (Lipinski definition) is 2. The summed E-state index contributed by atoms with van der Waals surface area (Å²) in [6.07, 6.45) is 4.69. The molecule has 0 fully saturated rings. The Labute approximate surface area is 158 Å². The molecule has 134 valence electrons. The van der Waals surface area contributed by atoms with Gasteiger partial charge in [0.2, 0.25) is 0 Å². The van der Waals surface area contributed by atoms with E-state index >= 15 is 0 Å². The molecule has 0 aliphatic carbocycles. The van der Waals surface area contributed by atoms with E-state index < -0.39 is 0 Å². The summed E-state index contributed by atoms with van der Waals surface area (Å²) in [7, 11) is 0. The molecule has 4 heteroatoms. The Morgan fingerprint density at radius 1 is 1.04 bits per heavy atom. The summed E-state index contributed by atoms with van der Waals surface area (Å²) >= 11 is 3.50. The second-order valence-electron chi connectivity index (χ2n) is 6.38. The number of unbranched alkanes of at least 4 members (excludes halogenated alkanes) is 3. The molecular formula is C21H26BrNO2. The Morgan fingerprint density at radius 3 is 2.40 bits per heavy atom. The van der Waals surface area contributed by atoms with Crippen LogP contribution in [0.15, 0.2) is 40.9 Å². The molecule has 0 heterocycles. The van der Waals surface area contributed by atoms with Crippen LogP contribution in [-0.2, 0) is 0 Å². The van der Waals surface area contributed by atoms with Crippen molar-refractivity contribution in [1.82, 2.24) is 0 Å². The molecule has 0 bridgehead atoms. The Hall–Kier alpha value is -1.81. The molecule has 0 saturated carbocycles. The van der Waals surface area contributed by atoms with E-state index in [2.05, 4.69) is 34.2 Å². The van der Waals surface area contributed by atoms with Crippen LogP contribution >= 0.6 is 15.9 Å². The minimum absolute atomic E-state index is 0.125. The first-order chi connectivity index (χ1) is 12.0. The lowest BCUT2D eigenvalue weighted by molar-refractivity contribution is 0.102. The van der Waals surface area contributed by atoms with Gasteiger partial charge in [0.1, 0.15) is 5.75 Å². The molecular weight excluding hydrogens is 378 g/mol. The fourth-order valence-electron chi connectivity index (χ4n) is 2.72. The van der Waals surface area contributed by atoms with Crippen LogP contribution in [0.2, 0.25) is 0 Å². The zero-order valence-electron chi connectivity index (χ0n) is 15.2. The van der Waals surface area contributed by atoms with Crippen molar-refractivity contribution < 1.29 is 9.53 Å². The first kappa shape index (κ1) is 19.5. The van der Waals surface area contributed by atoms with E-state index in [1.54, 1.807) is 12.1 Å². The van der Waals surface area contributed by atoms with E-state index in [1.807, 2.05) is 32.0 Å². The van der Waals surface area contributed by atoms with Gasteiger partial charge >= 0.3 is 0 Å². The Kier molecular flexibility index (Phi) is 7.51. The third-order valence-electron chi connectivity index (χ3n) is 3.93. The van der Waals surface area contributed by atoms with Crippen molar-refractivity contribution in [3.05, 3.63) is 57.6 Å². The minimum atomic E-state index is -0.125. The maximum Gasteiger partial charge on any atom is 0.255 e. The number of ether oxygens (including phenoxy) is 1. The number of carbonyl (C=O) groups excluding carboxylic acids is 1. The van der Waals surface area contributed by atoms with Gasteiger partial charge in [-0.25, -0.2) is 0 Å². The topological polar surface area (TPSA) is 38.3 Å². The Morgan fingerprint density at radius 2 is 1.76 bits per heavy atom. The molecule has 0 unspecified atom stereocenters. The second-order valence-corrected chi connectivity index (χ2v) is 7.24. The number of rotatable bonds is 8. The van der Waals surface area contributed by atoms with Crippen molar-refractivity contribution in [2.75, 3.05) is 11.9 Å². The van der Waals surface area contributed by atoms with E-state index in [-0.39, 0.29) is 5.91 Å². The van der Waals surface area contributed by atoms with Gasteiger partial charge in [0.15, 0.2) is 0 Å². The number of anilines is 1. The van der Waals surface area contributed by atoms with Gasteiger partial charge in [-0.3, -0.25) is 4.79 Å². The number of halogens is 1. The SMILES string of the molecule is CCCCCCOc1ccc(C(=O)Nc2cc(C)cc(C)c2)cc1Br. The third kappa shape index (κ3) is 6.20. The highest BCUT2D eigenvalue weighted by Crippen LogP contribution is 2.27. The summed E-state index contributed by atoms with van der Waals surface area (Å²) in [5.74, 6) is 0.652. The van der Waals surface area contributed by atoms with E-state index in [9.17, 15) is 4.79 Å². The van der Waals surface area contributed by atoms with Crippen molar-refractivity contribution in [2.45, 2.75) is 46.5 Å². The molecule has 25 heavy (non-hydrogen) atoms. The van der Waals surface area contributed by atoms with Crippen LogP contribution in [0.25, 0.3) is 0 Å². The van der Waals surface area contributed by atoms with Gasteiger partial charge < -0.3 is 10.1 Å². The average molecular weight is 404 g/mol. The summed E-state index contributed by atoms with van der Waals surface area (Å²) in [6.45, 7) is 6.93. The maximum absolute atomic E-state index is 12.5. The van der Waals surface area contributed by atoms with Crippen molar-refractivity contribution in [1.29, 1.82) is 0 Å². The highest BCUT2D eigenvalue weighted by Gasteiger charge is 2.10. The lowest BCUT2D eigenvalue weighted by Crippen LogP contribution is -2.12. The van der Waals surface area contributed by atoms with Gasteiger partial charge in [-0.2, -0.15) is 0 Å². The molecule has 0 spiro atoms. The highest BCUT2D eigenvalue weighted by atomic mass is 79.9. The van der Waals surface area contributed by atoms with E-state index in [1.165, 1.54) is 19.3 Å². The average Bonchev–Trinajstić information content (AvgIpc) is 2.55. The van der Waals surface area contributed by atoms with Gasteiger partial charge in [0.05, 0.1) is 11.1 Å². The molecule has 0 atom stereocenters. The van der Waals surface area contributed by atoms with Crippen molar-refractivity contribution in [3.8, 4) is 5.75 Å². The summed E-state index contributed by atoms with van der Waals surface area (Å²) in [6, 6.07) is 11.5. The molecule has 1 N–H and O–H groups in total. The molecule has 2 rings (SSSR count). The highest BCUT2D eigenvalue weighted by molar-refractivity contribution is 9.10. The number of hydrogen-bond donors (Lipinski definition) is 1. The Bertz CT molecular complexity index is 708. The van der Waals surface area contributed by atoms with Crippen molar-refractivity contribution in [3.63, 3.8) is 0 Å². The predicted octanol–water partition coefficient (Wildman–Crippen LogP) is 6.28. The van der Waals surface area contributed by atoms with Gasteiger partial charge in [-0.05, 0) is 77.7 Å². The molecule has 0 radical (unpaired) electrons. The number of nitrogens with one attached hydrogen (secondary N) is 1. The van der Waals surface area contributed by atoms with Gasteiger partial charge in [-0.1, -0.05) is 32.3 Å². The Balaban J connectivity index is 1.97. The van der Waals surface area contributed by atoms with Crippen LogP contribution in [0.5, 0.6) is 5.75 Å². The van der Waals surface area contributed by atoms with E-state index in [0.717, 1.165) is 33.5 Å². The monoisotopic (exact) mass is 403 g/mol. The van der Waals surface area contributed by atoms with E-state index in [0.29, 0.717) is 12.2 Å². The quantitative estimate of drug-likeness (QED) is 0.526. The maximum atomic E-state index is 12.5. The first-order valence-corrected chi connectivity index (χ1v) is 9.61. The van der Waals surface area contributed by atoms with Crippen LogP contribution in [0, 0.1) is 13.8 Å². The predicted molar refractivity (Wildman–Crippen MR) is 108 cm³/mol. The lowest BCUT2D eigenvalue weighted by Gasteiger charge is -2.11. The normalized spacial score (nSPS) is 10.6. The second kappa shape index (κ2) is 9.62. The van der Waals surface area contributed by atoms with Crippen LogP contribution in [0.3, 0.4) is 0 Å². The number of carbonyl (C=O) groups is 1. The molecule has 0 aliphatic heterocycles. The van der Waals surface area contributed by atoms with Gasteiger partial charge in [-0.15, -0.1) is 0 Å². The largest absolute Gasteiger partial charge is 0.492 e. The fraction of sp³-hybridized carbons (Fsp3) is 0.381. The first-order valence-electron chi connectivity index (χ1n) is 8.81. The molecule has 3 nitrogen and oxygen atoms in total. The van der Waals surface area contributed by atoms with Gasteiger partial charge in [0.25, 0.3) is 5.91 Å². The summed E-state index contributed by atoms with van der Waals surface area (Å²) < 4.78 is 6.59. The van der Waals surface area contributed by atoms with Crippen LogP contribution in [0.1, 0.15) is 54.1 Å². The fourth-order valence-corrected chi connectivity index (χ4v) is 3.21. The summed E-state index contributed by atoms with van der Waals surface area (Å²) in [5.41, 5.74) is 3.67. The molecule has 2 aromatic carbocycles. The molecule has 1 amide bonds. The molecule has 0 aliphatic rings. The van der Waals surface area contributed by atoms with Gasteiger partial charge in [0, 0.05) is 11.3 Å². The molecule has 2 aromatic rings. The summed E-state index contributed by atoms with van der Waals surface area (Å²) in [5, 5.41) is 2.95. The minimum Gasteiger partial charge on any atom is -0.492 e. The van der Waals surface area contributed by atoms with Crippen molar-refractivity contribution >= 4 is 27.5 Å². The van der Waals surface area contributed by atoms with Crippen LogP contribution in [0.4, 0.5) is 5.69 Å². The molecule has 0 aromatic heterocycles. The van der Waals surface area contributed by atoms with Crippen molar-refractivity contribution in [2.24, 2.45) is 0 Å². The zero-order valence-corrected chi connectivity index (χ0v) is 16.8. The van der Waals surface area contributed by atoms with Crippen LogP contribution < -0.4 is 10.1 Å². The third-order valence-corrected chi connectivity index (χ3v) is 4.55. The smallest absolute Gasteiger partial charge is 0.255 e. The number of benzene rings is 2. The van der Waals surface area contributed by atoms with E-state index in [4.69, 9.17) is 4.74 Å². The lowest BCUT2D eigenvalue weighted by atomic mass is 10.1. The van der Waals surface area contributed by atoms with Crippen LogP contribution in [-0.4, -0.2) is 12.5 Å². The molecule has 0 saturated heterocycles. The number of amides is 1. The number of aryl methyl sites for hydroxylation is 2.